The third-order valence-electron chi connectivity index (χ3n) is 8.03. The number of sulfonamides is 1. The minimum atomic E-state index is -3.53. The summed E-state index contributed by atoms with van der Waals surface area (Å²) in [6, 6.07) is 2.40. The van der Waals surface area contributed by atoms with Gasteiger partial charge in [-0.3, -0.25) is 24.3 Å². The SMILES string of the molecule is O=C1C(=O)C(Nc2ccncc2)C1NCCCCCCS(=O)(=O)N(CCN1CCOCC1)OCC1CCCCC1. The molecule has 0 amide bonds. The molecular formula is C28H45N5O6S. The molecule has 2 saturated carbocycles. The highest BCUT2D eigenvalue weighted by atomic mass is 32.2. The van der Waals surface area contributed by atoms with E-state index in [0.29, 0.717) is 51.8 Å². The van der Waals surface area contributed by atoms with Crippen LogP contribution < -0.4 is 10.6 Å². The molecule has 40 heavy (non-hydrogen) atoms. The lowest BCUT2D eigenvalue weighted by atomic mass is 9.82. The van der Waals surface area contributed by atoms with Gasteiger partial charge >= 0.3 is 0 Å². The summed E-state index contributed by atoms with van der Waals surface area (Å²) in [5.74, 6) is -0.326. The van der Waals surface area contributed by atoms with E-state index in [9.17, 15) is 18.0 Å². The minimum absolute atomic E-state index is 0.0573. The van der Waals surface area contributed by atoms with E-state index in [2.05, 4.69) is 20.5 Å². The molecule has 3 aliphatic rings. The van der Waals surface area contributed by atoms with Gasteiger partial charge in [0.15, 0.2) is 0 Å². The molecule has 11 nitrogen and oxygen atoms in total. The molecule has 0 radical (unpaired) electrons. The fourth-order valence-corrected chi connectivity index (χ4v) is 6.85. The van der Waals surface area contributed by atoms with Gasteiger partial charge in [-0.2, -0.15) is 0 Å². The number of carbonyl (C=O) groups is 2. The van der Waals surface area contributed by atoms with Gasteiger partial charge in [0.2, 0.25) is 21.6 Å². The molecule has 0 bridgehead atoms. The molecule has 1 aromatic rings. The van der Waals surface area contributed by atoms with Gasteiger partial charge in [-0.1, -0.05) is 36.6 Å². The van der Waals surface area contributed by atoms with Gasteiger partial charge in [0, 0.05) is 37.7 Å². The van der Waals surface area contributed by atoms with Crippen LogP contribution in [-0.2, 0) is 29.2 Å². The zero-order valence-electron chi connectivity index (χ0n) is 23.5. The number of carbonyl (C=O) groups excluding carboxylic acids is 2. The van der Waals surface area contributed by atoms with Crippen LogP contribution in [0.15, 0.2) is 24.5 Å². The summed E-state index contributed by atoms with van der Waals surface area (Å²) < 4.78 is 33.1. The van der Waals surface area contributed by atoms with E-state index in [1.165, 1.54) is 23.7 Å². The second kappa shape index (κ2) is 15.9. The van der Waals surface area contributed by atoms with Crippen LogP contribution in [0.3, 0.4) is 0 Å². The molecule has 3 fully saturated rings. The van der Waals surface area contributed by atoms with Crippen molar-refractivity contribution < 1.29 is 27.6 Å². The van der Waals surface area contributed by atoms with Crippen LogP contribution in [0.2, 0.25) is 0 Å². The molecule has 2 heterocycles. The van der Waals surface area contributed by atoms with Crippen molar-refractivity contribution in [2.45, 2.75) is 69.9 Å². The van der Waals surface area contributed by atoms with Gasteiger partial charge in [0.05, 0.1) is 32.1 Å². The van der Waals surface area contributed by atoms with Crippen molar-refractivity contribution in [2.24, 2.45) is 5.92 Å². The zero-order chi connectivity index (χ0) is 28.2. The van der Waals surface area contributed by atoms with Crippen molar-refractivity contribution in [2.75, 3.05) is 63.6 Å². The van der Waals surface area contributed by atoms with E-state index >= 15 is 0 Å². The molecule has 0 spiro atoms. The number of pyridine rings is 1. The van der Waals surface area contributed by atoms with Gasteiger partial charge in [-0.15, -0.1) is 0 Å². The summed E-state index contributed by atoms with van der Waals surface area (Å²) in [6.45, 7) is 5.00. The third-order valence-corrected chi connectivity index (χ3v) is 9.74. The number of nitrogens with one attached hydrogen (secondary N) is 2. The number of anilines is 1. The van der Waals surface area contributed by atoms with E-state index < -0.39 is 33.7 Å². The first-order valence-corrected chi connectivity index (χ1v) is 16.5. The summed E-state index contributed by atoms with van der Waals surface area (Å²) in [7, 11) is -3.53. The van der Waals surface area contributed by atoms with Crippen LogP contribution in [-0.4, -0.2) is 105 Å². The summed E-state index contributed by atoms with van der Waals surface area (Å²) in [5.41, 5.74) is 0.746. The maximum atomic E-state index is 13.2. The maximum absolute atomic E-state index is 13.2. The van der Waals surface area contributed by atoms with Gasteiger partial charge in [-0.25, -0.2) is 8.42 Å². The Morgan fingerprint density at radius 1 is 0.975 bits per heavy atom. The lowest BCUT2D eigenvalue weighted by Gasteiger charge is -2.34. The summed E-state index contributed by atoms with van der Waals surface area (Å²) in [4.78, 5) is 36.2. The lowest BCUT2D eigenvalue weighted by molar-refractivity contribution is -0.145. The molecule has 12 heteroatoms. The second-order valence-electron chi connectivity index (χ2n) is 11.0. The third kappa shape index (κ3) is 9.28. The molecule has 1 aliphatic heterocycles. The molecule has 2 unspecified atom stereocenters. The number of unbranched alkanes of at least 4 members (excludes halogenated alkanes) is 3. The first-order valence-electron chi connectivity index (χ1n) is 14.9. The molecule has 2 aliphatic carbocycles. The Morgan fingerprint density at radius 3 is 2.42 bits per heavy atom. The van der Waals surface area contributed by atoms with Crippen LogP contribution in [0.5, 0.6) is 0 Å². The van der Waals surface area contributed by atoms with Gasteiger partial charge in [0.1, 0.15) is 12.1 Å². The average Bonchev–Trinajstić information content (AvgIpc) is 2.99. The number of ketones is 2. The van der Waals surface area contributed by atoms with Crippen molar-refractivity contribution in [3.8, 4) is 0 Å². The van der Waals surface area contributed by atoms with Gasteiger partial charge < -0.3 is 15.4 Å². The Labute approximate surface area is 238 Å². The van der Waals surface area contributed by atoms with E-state index in [1.807, 2.05) is 0 Å². The number of nitrogens with zero attached hydrogens (tertiary/aromatic N) is 3. The number of hydrogen-bond donors (Lipinski definition) is 2. The summed E-state index contributed by atoms with van der Waals surface area (Å²) >= 11 is 0. The highest BCUT2D eigenvalue weighted by Gasteiger charge is 2.48. The number of rotatable bonds is 17. The highest BCUT2D eigenvalue weighted by Crippen LogP contribution is 2.24. The standard InChI is InChI=1S/C28H45N5O6S/c34-27-25(26(28(27)35)31-24-10-13-29-14-11-24)30-12-6-1-2-7-21-40(36,37)33(16-15-32-17-19-38-20-18-32)39-22-23-8-4-3-5-9-23/h10-11,13-14,23,25-26,30H,1-9,12,15-22H2,(H,29,31). The molecule has 2 N–H and O–H groups in total. The van der Waals surface area contributed by atoms with Crippen LogP contribution in [0.1, 0.15) is 57.8 Å². The molecular weight excluding hydrogens is 534 g/mol. The van der Waals surface area contributed by atoms with Crippen molar-refractivity contribution in [3.63, 3.8) is 0 Å². The number of morpholine rings is 1. The van der Waals surface area contributed by atoms with E-state index in [0.717, 1.165) is 50.9 Å². The van der Waals surface area contributed by atoms with Gasteiger partial charge in [0.25, 0.3) is 0 Å². The van der Waals surface area contributed by atoms with E-state index in [-0.39, 0.29) is 5.75 Å². The molecule has 0 aromatic carbocycles. The maximum Gasteiger partial charge on any atom is 0.236 e. The molecule has 1 aromatic heterocycles. The first-order chi connectivity index (χ1) is 19.4. The molecule has 2 atom stereocenters. The minimum Gasteiger partial charge on any atom is -0.379 e. The molecule has 1 saturated heterocycles. The van der Waals surface area contributed by atoms with Crippen molar-refractivity contribution in [3.05, 3.63) is 24.5 Å². The predicted molar refractivity (Wildman–Crippen MR) is 152 cm³/mol. The smallest absolute Gasteiger partial charge is 0.236 e. The quantitative estimate of drug-likeness (QED) is 0.161. The number of hydrogen-bond acceptors (Lipinski definition) is 10. The average molecular weight is 580 g/mol. The Morgan fingerprint density at radius 2 is 1.68 bits per heavy atom. The lowest BCUT2D eigenvalue weighted by Crippen LogP contribution is -2.67. The van der Waals surface area contributed by atoms with Crippen LogP contribution in [0.25, 0.3) is 0 Å². The first kappa shape index (κ1) is 31.0. The van der Waals surface area contributed by atoms with Crippen molar-refractivity contribution >= 4 is 27.3 Å². The fourth-order valence-electron chi connectivity index (χ4n) is 5.50. The van der Waals surface area contributed by atoms with E-state index in [4.69, 9.17) is 9.57 Å². The summed E-state index contributed by atoms with van der Waals surface area (Å²) in [6.07, 6.45) is 12.0. The fraction of sp³-hybridized carbons (Fsp3) is 0.750. The normalized spacial score (nSPS) is 22.9. The van der Waals surface area contributed by atoms with Crippen molar-refractivity contribution in [1.29, 1.82) is 0 Å². The molecule has 224 valence electrons. The zero-order valence-corrected chi connectivity index (χ0v) is 24.3. The topological polar surface area (TPSA) is 130 Å². The Bertz CT molecular complexity index is 1010. The number of Topliss-reactive ketones (excluding diaryl/α,β-unsaturated/α-hetero) is 2. The monoisotopic (exact) mass is 579 g/mol. The Kier molecular flexibility index (Phi) is 12.3. The van der Waals surface area contributed by atoms with Crippen LogP contribution in [0, 0.1) is 5.92 Å². The highest BCUT2D eigenvalue weighted by molar-refractivity contribution is 7.88. The predicted octanol–water partition coefficient (Wildman–Crippen LogP) is 2.01. The number of ether oxygens (including phenoxy) is 1. The summed E-state index contributed by atoms with van der Waals surface area (Å²) in [5, 5.41) is 6.28. The van der Waals surface area contributed by atoms with E-state index in [1.54, 1.807) is 24.5 Å². The number of hydroxylamine groups is 1. The Balaban J connectivity index is 1.15. The van der Waals surface area contributed by atoms with Crippen LogP contribution >= 0.6 is 0 Å². The second-order valence-corrected chi connectivity index (χ2v) is 13.0. The largest absolute Gasteiger partial charge is 0.379 e. The Hall–Kier alpha value is -1.96. The van der Waals surface area contributed by atoms with Crippen molar-refractivity contribution in [1.82, 2.24) is 19.7 Å². The van der Waals surface area contributed by atoms with Crippen LogP contribution in [0.4, 0.5) is 5.69 Å². The number of aromatic nitrogens is 1. The molecule has 4 rings (SSSR count). The van der Waals surface area contributed by atoms with Gasteiger partial charge in [-0.05, 0) is 50.3 Å².